The SMILES string of the molecule is Cc1ccc(-c2cc(C)ccc2-n2c3ccccc3c3ccc(N(c4ccc(-c5ccccc5)cc4)c4ccccc4-c4ccccc4)cc32)cc1. The number of nitrogens with zero attached hydrogens (tertiary/aromatic N) is 2. The van der Waals surface area contributed by atoms with Gasteiger partial charge in [-0.1, -0.05) is 157 Å². The molecule has 0 aliphatic heterocycles. The number of hydrogen-bond acceptors (Lipinski definition) is 1. The van der Waals surface area contributed by atoms with E-state index >= 15 is 0 Å². The summed E-state index contributed by atoms with van der Waals surface area (Å²) in [4.78, 5) is 2.41. The van der Waals surface area contributed by atoms with Gasteiger partial charge < -0.3 is 9.47 Å². The lowest BCUT2D eigenvalue weighted by molar-refractivity contribution is 1.17. The van der Waals surface area contributed by atoms with Crippen LogP contribution in [0.1, 0.15) is 11.1 Å². The molecule has 1 aromatic heterocycles. The normalized spacial score (nSPS) is 11.3. The van der Waals surface area contributed by atoms with E-state index in [1.54, 1.807) is 0 Å². The van der Waals surface area contributed by atoms with Crippen molar-refractivity contribution in [2.75, 3.05) is 4.90 Å². The standard InChI is InChI=1S/C50H38N2/c1-35-21-24-40(25-22-35)46-33-36(2)23-32-49(46)52-48-20-12-10-18-44(48)45-31-30-42(34-50(45)52)51(41-28-26-38(27-29-41)37-13-5-3-6-14-37)47-19-11-9-17-43(47)39-15-7-4-8-16-39/h3-34H,1-2H3. The number of aryl methyl sites for hydroxylation is 2. The Bertz CT molecular complexity index is 2670. The summed E-state index contributed by atoms with van der Waals surface area (Å²) in [5.41, 5.74) is 16.5. The lowest BCUT2D eigenvalue weighted by Crippen LogP contribution is -2.11. The minimum absolute atomic E-state index is 1.09. The summed E-state index contributed by atoms with van der Waals surface area (Å²) < 4.78 is 2.46. The van der Waals surface area contributed by atoms with Crippen molar-refractivity contribution in [1.29, 1.82) is 0 Å². The molecule has 1 heterocycles. The highest BCUT2D eigenvalue weighted by Crippen LogP contribution is 2.44. The average molecular weight is 667 g/mol. The summed E-state index contributed by atoms with van der Waals surface area (Å²) >= 11 is 0. The molecular weight excluding hydrogens is 629 g/mol. The Morgan fingerprint density at radius 2 is 0.923 bits per heavy atom. The fourth-order valence-electron chi connectivity index (χ4n) is 7.56. The van der Waals surface area contributed by atoms with Crippen molar-refractivity contribution in [2.24, 2.45) is 0 Å². The molecule has 52 heavy (non-hydrogen) atoms. The second-order valence-corrected chi connectivity index (χ2v) is 13.6. The zero-order chi connectivity index (χ0) is 35.0. The van der Waals surface area contributed by atoms with E-state index in [1.807, 2.05) is 0 Å². The summed E-state index contributed by atoms with van der Waals surface area (Å²) in [7, 11) is 0. The molecule has 0 saturated carbocycles. The molecule has 0 unspecified atom stereocenters. The highest BCUT2D eigenvalue weighted by Gasteiger charge is 2.21. The van der Waals surface area contributed by atoms with Crippen LogP contribution in [0.3, 0.4) is 0 Å². The van der Waals surface area contributed by atoms with Gasteiger partial charge in [0.05, 0.1) is 22.4 Å². The minimum Gasteiger partial charge on any atom is -0.310 e. The van der Waals surface area contributed by atoms with Crippen LogP contribution in [-0.4, -0.2) is 4.57 Å². The van der Waals surface area contributed by atoms with Crippen molar-refractivity contribution in [1.82, 2.24) is 4.57 Å². The van der Waals surface area contributed by atoms with Crippen LogP contribution in [0.2, 0.25) is 0 Å². The molecular formula is C50H38N2. The molecule has 9 rings (SSSR count). The molecule has 0 fully saturated rings. The zero-order valence-electron chi connectivity index (χ0n) is 29.4. The van der Waals surface area contributed by atoms with Crippen molar-refractivity contribution in [3.8, 4) is 39.1 Å². The number of hydrogen-bond donors (Lipinski definition) is 0. The van der Waals surface area contributed by atoms with Crippen molar-refractivity contribution in [3.63, 3.8) is 0 Å². The molecule has 248 valence electrons. The quantitative estimate of drug-likeness (QED) is 0.164. The minimum atomic E-state index is 1.09. The van der Waals surface area contributed by atoms with Gasteiger partial charge in [-0.3, -0.25) is 0 Å². The predicted octanol–water partition coefficient (Wildman–Crippen LogP) is 13.9. The number of para-hydroxylation sites is 2. The van der Waals surface area contributed by atoms with Crippen LogP contribution in [0.15, 0.2) is 194 Å². The Labute approximate surface area is 305 Å². The van der Waals surface area contributed by atoms with Gasteiger partial charge in [-0.05, 0) is 84.6 Å². The second-order valence-electron chi connectivity index (χ2n) is 13.6. The van der Waals surface area contributed by atoms with Gasteiger partial charge in [-0.25, -0.2) is 0 Å². The molecule has 0 bridgehead atoms. The van der Waals surface area contributed by atoms with Crippen molar-refractivity contribution >= 4 is 38.9 Å². The van der Waals surface area contributed by atoms with E-state index in [1.165, 1.54) is 72.0 Å². The molecule has 0 aliphatic rings. The molecule has 8 aromatic carbocycles. The van der Waals surface area contributed by atoms with Crippen LogP contribution >= 0.6 is 0 Å². The molecule has 0 atom stereocenters. The largest absolute Gasteiger partial charge is 0.310 e. The third-order valence-electron chi connectivity index (χ3n) is 10.1. The molecule has 0 saturated heterocycles. The van der Waals surface area contributed by atoms with Gasteiger partial charge in [0.25, 0.3) is 0 Å². The van der Waals surface area contributed by atoms with Crippen molar-refractivity contribution < 1.29 is 0 Å². The van der Waals surface area contributed by atoms with Crippen LogP contribution in [0.5, 0.6) is 0 Å². The molecule has 0 aliphatic carbocycles. The first-order valence-corrected chi connectivity index (χ1v) is 17.9. The zero-order valence-corrected chi connectivity index (χ0v) is 29.4. The van der Waals surface area contributed by atoms with Gasteiger partial charge in [-0.2, -0.15) is 0 Å². The van der Waals surface area contributed by atoms with Crippen LogP contribution in [0.4, 0.5) is 17.1 Å². The summed E-state index contributed by atoms with van der Waals surface area (Å²) in [6.45, 7) is 4.32. The van der Waals surface area contributed by atoms with Gasteiger partial charge in [0.1, 0.15) is 0 Å². The highest BCUT2D eigenvalue weighted by molar-refractivity contribution is 6.11. The Morgan fingerprint density at radius 3 is 1.69 bits per heavy atom. The van der Waals surface area contributed by atoms with E-state index in [-0.39, 0.29) is 0 Å². The van der Waals surface area contributed by atoms with Crippen LogP contribution in [0, 0.1) is 13.8 Å². The Morgan fingerprint density at radius 1 is 0.365 bits per heavy atom. The summed E-state index contributed by atoms with van der Waals surface area (Å²) in [5.74, 6) is 0. The highest BCUT2D eigenvalue weighted by atomic mass is 15.1. The smallest absolute Gasteiger partial charge is 0.0562 e. The van der Waals surface area contributed by atoms with Crippen LogP contribution in [0.25, 0.3) is 60.9 Å². The molecule has 9 aromatic rings. The lowest BCUT2D eigenvalue weighted by Gasteiger charge is -2.28. The van der Waals surface area contributed by atoms with E-state index in [9.17, 15) is 0 Å². The van der Waals surface area contributed by atoms with E-state index in [4.69, 9.17) is 0 Å². The fourth-order valence-corrected chi connectivity index (χ4v) is 7.56. The molecule has 2 heteroatoms. The third kappa shape index (κ3) is 5.65. The van der Waals surface area contributed by atoms with E-state index < -0.39 is 0 Å². The number of fused-ring (bicyclic) bond motifs is 3. The maximum Gasteiger partial charge on any atom is 0.0562 e. The van der Waals surface area contributed by atoms with Crippen molar-refractivity contribution in [2.45, 2.75) is 13.8 Å². The number of aromatic nitrogens is 1. The first-order chi connectivity index (χ1) is 25.6. The molecule has 2 nitrogen and oxygen atoms in total. The van der Waals surface area contributed by atoms with Gasteiger partial charge in [-0.15, -0.1) is 0 Å². The predicted molar refractivity (Wildman–Crippen MR) is 221 cm³/mol. The molecule has 0 N–H and O–H groups in total. The van der Waals surface area contributed by atoms with Gasteiger partial charge in [0, 0.05) is 33.3 Å². The van der Waals surface area contributed by atoms with Gasteiger partial charge >= 0.3 is 0 Å². The van der Waals surface area contributed by atoms with Crippen LogP contribution < -0.4 is 4.90 Å². The van der Waals surface area contributed by atoms with E-state index in [0.29, 0.717) is 0 Å². The topological polar surface area (TPSA) is 8.17 Å². The maximum absolute atomic E-state index is 2.46. The van der Waals surface area contributed by atoms with E-state index in [0.717, 1.165) is 17.1 Å². The number of benzene rings is 8. The Hall–Kier alpha value is -6.64. The second kappa shape index (κ2) is 13.2. The van der Waals surface area contributed by atoms with Gasteiger partial charge in [0.2, 0.25) is 0 Å². The summed E-state index contributed by atoms with van der Waals surface area (Å²) in [6.07, 6.45) is 0. The van der Waals surface area contributed by atoms with Crippen LogP contribution in [-0.2, 0) is 0 Å². The average Bonchev–Trinajstić information content (AvgIpc) is 3.53. The Kier molecular flexibility index (Phi) is 7.98. The molecule has 0 amide bonds. The third-order valence-corrected chi connectivity index (χ3v) is 10.1. The maximum atomic E-state index is 2.46. The number of anilines is 3. The number of rotatable bonds is 7. The van der Waals surface area contributed by atoms with Crippen molar-refractivity contribution in [3.05, 3.63) is 205 Å². The monoisotopic (exact) mass is 666 g/mol. The fraction of sp³-hybridized carbons (Fsp3) is 0.0400. The van der Waals surface area contributed by atoms with E-state index in [2.05, 4.69) is 217 Å². The first kappa shape index (κ1) is 31.3. The molecule has 0 spiro atoms. The lowest BCUT2D eigenvalue weighted by atomic mass is 10.00. The molecule has 0 radical (unpaired) electrons. The van der Waals surface area contributed by atoms with Gasteiger partial charge in [0.15, 0.2) is 0 Å². The first-order valence-electron chi connectivity index (χ1n) is 17.9. The summed E-state index contributed by atoms with van der Waals surface area (Å²) in [6, 6.07) is 70.5. The Balaban J connectivity index is 1.29. The summed E-state index contributed by atoms with van der Waals surface area (Å²) in [5, 5.41) is 2.47.